The summed E-state index contributed by atoms with van der Waals surface area (Å²) in [6.45, 7) is 4.39. The Bertz CT molecular complexity index is 560. The molecule has 1 aliphatic carbocycles. The SMILES string of the molecule is Cc1n[nH]c(=O)c(C(=O)NCCOC2CCCCCC2)c1C. The first-order chi connectivity index (χ1) is 10.6. The maximum Gasteiger partial charge on any atom is 0.277 e. The van der Waals surface area contributed by atoms with Crippen LogP contribution in [0.2, 0.25) is 0 Å². The van der Waals surface area contributed by atoms with Crippen molar-refractivity contribution in [2.45, 2.75) is 58.5 Å². The van der Waals surface area contributed by atoms with E-state index < -0.39 is 5.56 Å². The Kier molecular flexibility index (Phi) is 6.12. The average molecular weight is 307 g/mol. The molecule has 0 saturated heterocycles. The minimum absolute atomic E-state index is 0.141. The molecule has 1 fully saturated rings. The highest BCUT2D eigenvalue weighted by Crippen LogP contribution is 2.19. The molecule has 0 aromatic carbocycles. The zero-order valence-corrected chi connectivity index (χ0v) is 13.4. The van der Waals surface area contributed by atoms with Crippen molar-refractivity contribution in [3.05, 3.63) is 27.2 Å². The Balaban J connectivity index is 1.81. The van der Waals surface area contributed by atoms with E-state index in [0.29, 0.717) is 30.5 Å². The van der Waals surface area contributed by atoms with Crippen LogP contribution >= 0.6 is 0 Å². The molecule has 0 atom stereocenters. The largest absolute Gasteiger partial charge is 0.376 e. The monoisotopic (exact) mass is 307 g/mol. The standard InChI is InChI=1S/C16H25N3O3/c1-11-12(2)18-19-16(21)14(11)15(20)17-9-10-22-13-7-5-3-4-6-8-13/h13H,3-10H2,1-2H3,(H,17,20)(H,19,21). The van der Waals surface area contributed by atoms with Gasteiger partial charge in [0.25, 0.3) is 11.5 Å². The zero-order chi connectivity index (χ0) is 15.9. The van der Waals surface area contributed by atoms with Crippen molar-refractivity contribution in [3.63, 3.8) is 0 Å². The van der Waals surface area contributed by atoms with Gasteiger partial charge in [0.2, 0.25) is 0 Å². The molecule has 2 N–H and O–H groups in total. The van der Waals surface area contributed by atoms with Crippen LogP contribution in [0.3, 0.4) is 0 Å². The summed E-state index contributed by atoms with van der Waals surface area (Å²) in [5.41, 5.74) is 0.956. The summed E-state index contributed by atoms with van der Waals surface area (Å²) in [6, 6.07) is 0. The highest BCUT2D eigenvalue weighted by Gasteiger charge is 2.16. The van der Waals surface area contributed by atoms with Gasteiger partial charge in [-0.1, -0.05) is 25.7 Å². The van der Waals surface area contributed by atoms with Crippen LogP contribution in [0.4, 0.5) is 0 Å². The molecular weight excluding hydrogens is 282 g/mol. The number of hydrogen-bond donors (Lipinski definition) is 2. The third-order valence-electron chi connectivity index (χ3n) is 4.24. The van der Waals surface area contributed by atoms with E-state index in [0.717, 1.165) is 12.8 Å². The fourth-order valence-electron chi connectivity index (χ4n) is 2.79. The smallest absolute Gasteiger partial charge is 0.277 e. The molecule has 0 spiro atoms. The van der Waals surface area contributed by atoms with Crippen molar-refractivity contribution in [2.24, 2.45) is 0 Å². The number of aromatic amines is 1. The van der Waals surface area contributed by atoms with Crippen LogP contribution in [0.15, 0.2) is 4.79 Å². The first kappa shape index (κ1) is 16.7. The van der Waals surface area contributed by atoms with Crippen molar-refractivity contribution in [2.75, 3.05) is 13.2 Å². The first-order valence-corrected chi connectivity index (χ1v) is 8.05. The van der Waals surface area contributed by atoms with E-state index in [1.54, 1.807) is 13.8 Å². The van der Waals surface area contributed by atoms with E-state index in [1.807, 2.05) is 0 Å². The van der Waals surface area contributed by atoms with Gasteiger partial charge < -0.3 is 10.1 Å². The number of nitrogens with one attached hydrogen (secondary N) is 2. The van der Waals surface area contributed by atoms with Crippen LogP contribution in [-0.2, 0) is 4.74 Å². The molecule has 1 amide bonds. The summed E-state index contributed by atoms with van der Waals surface area (Å²) in [5.74, 6) is -0.367. The fourth-order valence-corrected chi connectivity index (χ4v) is 2.79. The highest BCUT2D eigenvalue weighted by atomic mass is 16.5. The van der Waals surface area contributed by atoms with E-state index in [2.05, 4.69) is 15.5 Å². The van der Waals surface area contributed by atoms with E-state index in [-0.39, 0.29) is 11.5 Å². The van der Waals surface area contributed by atoms with Crippen LogP contribution in [0.1, 0.15) is 60.1 Å². The molecule has 1 saturated carbocycles. The van der Waals surface area contributed by atoms with E-state index >= 15 is 0 Å². The third-order valence-corrected chi connectivity index (χ3v) is 4.24. The number of hydrogen-bond acceptors (Lipinski definition) is 4. The van der Waals surface area contributed by atoms with Gasteiger partial charge in [-0.3, -0.25) is 9.59 Å². The van der Waals surface area contributed by atoms with Gasteiger partial charge >= 0.3 is 0 Å². The predicted octanol–water partition coefficient (Wildman–Crippen LogP) is 1.86. The van der Waals surface area contributed by atoms with Gasteiger partial charge in [0.15, 0.2) is 0 Å². The van der Waals surface area contributed by atoms with Crippen molar-refractivity contribution in [3.8, 4) is 0 Å². The Morgan fingerprint density at radius 1 is 1.27 bits per heavy atom. The Morgan fingerprint density at radius 2 is 1.95 bits per heavy atom. The second-order valence-corrected chi connectivity index (χ2v) is 5.88. The maximum absolute atomic E-state index is 12.1. The molecule has 1 aromatic heterocycles. The number of aryl methyl sites for hydroxylation is 1. The van der Waals surface area contributed by atoms with Gasteiger partial charge in [0.05, 0.1) is 18.4 Å². The van der Waals surface area contributed by atoms with Gasteiger partial charge in [-0.25, -0.2) is 5.10 Å². The lowest BCUT2D eigenvalue weighted by atomic mass is 10.1. The first-order valence-electron chi connectivity index (χ1n) is 8.05. The van der Waals surface area contributed by atoms with Crippen molar-refractivity contribution in [1.82, 2.24) is 15.5 Å². The lowest BCUT2D eigenvalue weighted by Gasteiger charge is -2.15. The summed E-state index contributed by atoms with van der Waals surface area (Å²) < 4.78 is 5.82. The molecule has 1 heterocycles. The van der Waals surface area contributed by atoms with E-state index in [1.165, 1.54) is 25.7 Å². The Hall–Kier alpha value is -1.69. The summed E-state index contributed by atoms with van der Waals surface area (Å²) in [7, 11) is 0. The summed E-state index contributed by atoms with van der Waals surface area (Å²) in [6.07, 6.45) is 7.56. The van der Waals surface area contributed by atoms with Gasteiger partial charge in [0, 0.05) is 6.54 Å². The molecule has 122 valence electrons. The second kappa shape index (κ2) is 8.08. The van der Waals surface area contributed by atoms with Crippen molar-refractivity contribution < 1.29 is 9.53 Å². The minimum Gasteiger partial charge on any atom is -0.376 e. The number of carbonyl (C=O) groups is 1. The molecule has 6 heteroatoms. The summed E-state index contributed by atoms with van der Waals surface area (Å²) in [5, 5.41) is 8.94. The van der Waals surface area contributed by atoms with E-state index in [4.69, 9.17) is 4.74 Å². The molecular formula is C16H25N3O3. The number of H-pyrrole nitrogens is 1. The third kappa shape index (κ3) is 4.40. The van der Waals surface area contributed by atoms with Crippen LogP contribution in [0.25, 0.3) is 0 Å². The average Bonchev–Trinajstić information content (AvgIpc) is 2.77. The molecule has 0 radical (unpaired) electrons. The molecule has 0 bridgehead atoms. The maximum atomic E-state index is 12.1. The number of carbonyl (C=O) groups excluding carboxylic acids is 1. The predicted molar refractivity (Wildman–Crippen MR) is 84.1 cm³/mol. The van der Waals surface area contributed by atoms with Gasteiger partial charge in [-0.2, -0.15) is 5.10 Å². The van der Waals surface area contributed by atoms with Crippen LogP contribution < -0.4 is 10.9 Å². The Morgan fingerprint density at radius 3 is 2.64 bits per heavy atom. The normalized spacial score (nSPS) is 16.3. The Labute approximate surface area is 130 Å². The van der Waals surface area contributed by atoms with Crippen LogP contribution in [-0.4, -0.2) is 35.4 Å². The van der Waals surface area contributed by atoms with Crippen molar-refractivity contribution >= 4 is 5.91 Å². The lowest BCUT2D eigenvalue weighted by molar-refractivity contribution is 0.0441. The van der Waals surface area contributed by atoms with Gasteiger partial charge in [-0.15, -0.1) is 0 Å². The molecule has 6 nitrogen and oxygen atoms in total. The number of rotatable bonds is 5. The highest BCUT2D eigenvalue weighted by molar-refractivity contribution is 5.95. The fraction of sp³-hybridized carbons (Fsp3) is 0.688. The molecule has 1 aliphatic rings. The lowest BCUT2D eigenvalue weighted by Crippen LogP contribution is -2.34. The zero-order valence-electron chi connectivity index (χ0n) is 13.4. The quantitative estimate of drug-likeness (QED) is 0.642. The number of ether oxygens (including phenoxy) is 1. The van der Waals surface area contributed by atoms with Crippen LogP contribution in [0, 0.1) is 13.8 Å². The topological polar surface area (TPSA) is 84.1 Å². The van der Waals surface area contributed by atoms with Gasteiger partial charge in [-0.05, 0) is 32.3 Å². The molecule has 22 heavy (non-hydrogen) atoms. The van der Waals surface area contributed by atoms with Gasteiger partial charge in [0.1, 0.15) is 5.56 Å². The number of nitrogens with zero attached hydrogens (tertiary/aromatic N) is 1. The minimum atomic E-state index is -0.453. The number of aromatic nitrogens is 2. The molecule has 0 unspecified atom stereocenters. The summed E-state index contributed by atoms with van der Waals surface area (Å²) >= 11 is 0. The molecule has 1 aromatic rings. The molecule has 0 aliphatic heterocycles. The summed E-state index contributed by atoms with van der Waals surface area (Å²) in [4.78, 5) is 23.9. The second-order valence-electron chi connectivity index (χ2n) is 5.88. The van der Waals surface area contributed by atoms with Crippen LogP contribution in [0.5, 0.6) is 0 Å². The number of amides is 1. The molecule has 2 rings (SSSR count). The van der Waals surface area contributed by atoms with E-state index in [9.17, 15) is 9.59 Å². The van der Waals surface area contributed by atoms with Crippen molar-refractivity contribution in [1.29, 1.82) is 0 Å².